The van der Waals surface area contributed by atoms with E-state index >= 15 is 0 Å². The topological polar surface area (TPSA) is 66.9 Å². The zero-order valence-electron chi connectivity index (χ0n) is 13.6. The molecule has 0 spiro atoms. The first kappa shape index (κ1) is 18.3. The second-order valence-electron chi connectivity index (χ2n) is 5.41. The first-order valence-electron chi connectivity index (χ1n) is 7.70. The van der Waals surface area contributed by atoms with Crippen LogP contribution in [0.1, 0.15) is 16.1 Å². The van der Waals surface area contributed by atoms with E-state index in [0.717, 1.165) is 24.5 Å². The minimum absolute atomic E-state index is 0.0190. The Labute approximate surface area is 151 Å². The molecule has 0 aliphatic carbocycles. The lowest BCUT2D eigenvalue weighted by atomic mass is 10.2. The van der Waals surface area contributed by atoms with E-state index in [1.807, 2.05) is 0 Å². The van der Waals surface area contributed by atoms with E-state index in [2.05, 4.69) is 20.6 Å². The molecule has 1 heterocycles. The van der Waals surface area contributed by atoms with Gasteiger partial charge >= 0.3 is 0 Å². The zero-order valence-corrected chi connectivity index (χ0v) is 13.6. The summed E-state index contributed by atoms with van der Waals surface area (Å²) in [6.07, 6.45) is 2.23. The van der Waals surface area contributed by atoms with Crippen molar-refractivity contribution in [3.8, 4) is 0 Å². The van der Waals surface area contributed by atoms with Gasteiger partial charge in [-0.2, -0.15) is 0 Å². The standard InChI is InChI=1S/C18H12F4N4O/c19-11-4-2-1-3-10(11)7-25-18(27)14-8-24-15(9-23-14)26-13-6-5-12(20)16(21)17(13)22/h1-6,8-9H,7H2,(H,24,26)(H,25,27). The van der Waals surface area contributed by atoms with Gasteiger partial charge in [0.2, 0.25) is 0 Å². The summed E-state index contributed by atoms with van der Waals surface area (Å²) in [6.45, 7) is -0.0345. The highest BCUT2D eigenvalue weighted by Crippen LogP contribution is 2.22. The van der Waals surface area contributed by atoms with E-state index in [0.29, 0.717) is 5.56 Å². The van der Waals surface area contributed by atoms with Crippen LogP contribution in [0.4, 0.5) is 29.1 Å². The molecule has 0 unspecified atom stereocenters. The number of halogens is 4. The lowest BCUT2D eigenvalue weighted by molar-refractivity contribution is 0.0945. The van der Waals surface area contributed by atoms with E-state index in [-0.39, 0.29) is 23.7 Å². The Bertz CT molecular complexity index is 980. The maximum absolute atomic E-state index is 13.6. The molecular weight excluding hydrogens is 364 g/mol. The Hall–Kier alpha value is -3.49. The molecule has 0 aliphatic heterocycles. The second-order valence-corrected chi connectivity index (χ2v) is 5.41. The molecule has 138 valence electrons. The summed E-state index contributed by atoms with van der Waals surface area (Å²) in [6, 6.07) is 7.75. The third kappa shape index (κ3) is 4.20. The summed E-state index contributed by atoms with van der Waals surface area (Å²) in [5.41, 5.74) is -0.0755. The van der Waals surface area contributed by atoms with Crippen LogP contribution in [-0.4, -0.2) is 15.9 Å². The van der Waals surface area contributed by atoms with Crippen LogP contribution in [-0.2, 0) is 6.54 Å². The van der Waals surface area contributed by atoms with Crippen LogP contribution in [0, 0.1) is 23.3 Å². The van der Waals surface area contributed by atoms with Crippen LogP contribution in [0.3, 0.4) is 0 Å². The fourth-order valence-electron chi connectivity index (χ4n) is 2.18. The molecule has 2 aromatic carbocycles. The normalized spacial score (nSPS) is 10.5. The smallest absolute Gasteiger partial charge is 0.271 e. The quantitative estimate of drug-likeness (QED) is 0.526. The van der Waals surface area contributed by atoms with Crippen LogP contribution < -0.4 is 10.6 Å². The van der Waals surface area contributed by atoms with Gasteiger partial charge in [-0.15, -0.1) is 0 Å². The number of nitrogens with zero attached hydrogens (tertiary/aromatic N) is 2. The van der Waals surface area contributed by atoms with Crippen molar-refractivity contribution in [3.63, 3.8) is 0 Å². The predicted molar refractivity (Wildman–Crippen MR) is 89.2 cm³/mol. The van der Waals surface area contributed by atoms with Crippen molar-refractivity contribution < 1.29 is 22.4 Å². The Balaban J connectivity index is 1.65. The van der Waals surface area contributed by atoms with Gasteiger partial charge in [-0.1, -0.05) is 18.2 Å². The highest BCUT2D eigenvalue weighted by molar-refractivity contribution is 5.92. The maximum Gasteiger partial charge on any atom is 0.271 e. The van der Waals surface area contributed by atoms with Crippen molar-refractivity contribution in [2.45, 2.75) is 6.54 Å². The van der Waals surface area contributed by atoms with Crippen molar-refractivity contribution in [1.82, 2.24) is 15.3 Å². The number of amides is 1. The molecule has 0 bridgehead atoms. The van der Waals surface area contributed by atoms with Crippen LogP contribution >= 0.6 is 0 Å². The van der Waals surface area contributed by atoms with Crippen molar-refractivity contribution in [3.05, 3.63) is 83.3 Å². The van der Waals surface area contributed by atoms with Gasteiger partial charge in [-0.05, 0) is 18.2 Å². The molecule has 9 heteroatoms. The predicted octanol–water partition coefficient (Wildman–Crippen LogP) is 3.71. The Kier molecular flexibility index (Phi) is 5.30. The average Bonchev–Trinajstić information content (AvgIpc) is 2.68. The van der Waals surface area contributed by atoms with Crippen molar-refractivity contribution in [1.29, 1.82) is 0 Å². The van der Waals surface area contributed by atoms with Gasteiger partial charge in [0.1, 0.15) is 17.3 Å². The Morgan fingerprint density at radius 2 is 1.67 bits per heavy atom. The maximum atomic E-state index is 13.6. The third-order valence-corrected chi connectivity index (χ3v) is 3.58. The molecule has 3 aromatic rings. The average molecular weight is 376 g/mol. The summed E-state index contributed by atoms with van der Waals surface area (Å²) >= 11 is 0. The number of benzene rings is 2. The van der Waals surface area contributed by atoms with E-state index in [4.69, 9.17) is 0 Å². The summed E-state index contributed by atoms with van der Waals surface area (Å²) in [4.78, 5) is 19.8. The molecule has 0 saturated carbocycles. The minimum Gasteiger partial charge on any atom is -0.346 e. The van der Waals surface area contributed by atoms with E-state index in [1.165, 1.54) is 18.2 Å². The van der Waals surface area contributed by atoms with Crippen molar-refractivity contribution in [2.75, 3.05) is 5.32 Å². The number of carbonyl (C=O) groups excluding carboxylic acids is 1. The van der Waals surface area contributed by atoms with E-state index < -0.39 is 29.2 Å². The molecule has 27 heavy (non-hydrogen) atoms. The first-order valence-corrected chi connectivity index (χ1v) is 7.70. The van der Waals surface area contributed by atoms with E-state index in [1.54, 1.807) is 6.07 Å². The van der Waals surface area contributed by atoms with Gasteiger partial charge in [0.25, 0.3) is 5.91 Å². The monoisotopic (exact) mass is 376 g/mol. The fraction of sp³-hybridized carbons (Fsp3) is 0.0556. The second kappa shape index (κ2) is 7.81. The van der Waals surface area contributed by atoms with Crippen LogP contribution in [0.5, 0.6) is 0 Å². The number of aromatic nitrogens is 2. The van der Waals surface area contributed by atoms with Crippen LogP contribution in [0.25, 0.3) is 0 Å². The van der Waals surface area contributed by atoms with Crippen molar-refractivity contribution >= 4 is 17.4 Å². The highest BCUT2D eigenvalue weighted by Gasteiger charge is 2.14. The highest BCUT2D eigenvalue weighted by atomic mass is 19.2. The van der Waals surface area contributed by atoms with Crippen molar-refractivity contribution in [2.24, 2.45) is 0 Å². The minimum atomic E-state index is -1.61. The van der Waals surface area contributed by atoms with Gasteiger partial charge in [-0.25, -0.2) is 27.5 Å². The molecule has 2 N–H and O–H groups in total. The zero-order chi connectivity index (χ0) is 19.4. The molecule has 0 saturated heterocycles. The van der Waals surface area contributed by atoms with E-state index in [9.17, 15) is 22.4 Å². The van der Waals surface area contributed by atoms with Gasteiger partial charge in [0.15, 0.2) is 17.5 Å². The molecule has 0 atom stereocenters. The Morgan fingerprint density at radius 3 is 2.37 bits per heavy atom. The first-order chi connectivity index (χ1) is 13.0. The Morgan fingerprint density at radius 1 is 0.889 bits per heavy atom. The van der Waals surface area contributed by atoms with Crippen LogP contribution in [0.15, 0.2) is 48.8 Å². The summed E-state index contributed by atoms with van der Waals surface area (Å²) in [5.74, 6) is -5.34. The molecule has 0 aliphatic rings. The van der Waals surface area contributed by atoms with Gasteiger partial charge in [0, 0.05) is 12.1 Å². The fourth-order valence-corrected chi connectivity index (χ4v) is 2.18. The summed E-state index contributed by atoms with van der Waals surface area (Å²) in [7, 11) is 0. The van der Waals surface area contributed by atoms with Gasteiger partial charge in [-0.3, -0.25) is 4.79 Å². The van der Waals surface area contributed by atoms with Crippen LogP contribution in [0.2, 0.25) is 0 Å². The molecule has 5 nitrogen and oxygen atoms in total. The number of carbonyl (C=O) groups is 1. The number of nitrogens with one attached hydrogen (secondary N) is 2. The molecule has 0 fully saturated rings. The summed E-state index contributed by atoms with van der Waals surface area (Å²) < 4.78 is 53.3. The van der Waals surface area contributed by atoms with Gasteiger partial charge in [0.05, 0.1) is 18.1 Å². The molecule has 0 radical (unpaired) electrons. The lowest BCUT2D eigenvalue weighted by Gasteiger charge is -2.08. The number of anilines is 2. The number of rotatable bonds is 5. The SMILES string of the molecule is O=C(NCc1ccccc1F)c1cnc(Nc2ccc(F)c(F)c2F)cn1. The number of hydrogen-bond donors (Lipinski definition) is 2. The molecule has 1 amide bonds. The summed E-state index contributed by atoms with van der Waals surface area (Å²) in [5, 5.41) is 4.93. The molecule has 1 aromatic heterocycles. The molecular formula is C18H12F4N4O. The number of hydrogen-bond acceptors (Lipinski definition) is 4. The largest absolute Gasteiger partial charge is 0.346 e. The lowest BCUT2D eigenvalue weighted by Crippen LogP contribution is -2.24. The third-order valence-electron chi connectivity index (χ3n) is 3.58. The van der Waals surface area contributed by atoms with Gasteiger partial charge < -0.3 is 10.6 Å². The molecule has 3 rings (SSSR count).